The van der Waals surface area contributed by atoms with Crippen LogP contribution in [0.5, 0.6) is 5.75 Å². The highest BCUT2D eigenvalue weighted by molar-refractivity contribution is 7.89. The Morgan fingerprint density at radius 2 is 1.95 bits per heavy atom. The first-order valence-corrected chi connectivity index (χ1v) is 8.69. The summed E-state index contributed by atoms with van der Waals surface area (Å²) in [6.45, 7) is 5.72. The van der Waals surface area contributed by atoms with Gasteiger partial charge in [0.2, 0.25) is 10.0 Å². The second kappa shape index (κ2) is 6.13. The van der Waals surface area contributed by atoms with Gasteiger partial charge in [-0.25, -0.2) is 18.1 Å². The number of sulfonamides is 1. The van der Waals surface area contributed by atoms with Crippen molar-refractivity contribution in [3.05, 3.63) is 39.3 Å². The minimum atomic E-state index is -3.55. The molecule has 21 heavy (non-hydrogen) atoms. The predicted octanol–water partition coefficient (Wildman–Crippen LogP) is 2.56. The van der Waals surface area contributed by atoms with E-state index in [1.807, 2.05) is 13.8 Å². The summed E-state index contributed by atoms with van der Waals surface area (Å²) < 4.78 is 32.7. The highest BCUT2D eigenvalue weighted by Crippen LogP contribution is 2.25. The van der Waals surface area contributed by atoms with Gasteiger partial charge in [-0.15, -0.1) is 11.3 Å². The average molecular weight is 326 g/mol. The minimum Gasteiger partial charge on any atom is -0.496 e. The molecule has 2 rings (SSSR count). The van der Waals surface area contributed by atoms with Crippen LogP contribution < -0.4 is 9.46 Å². The maximum atomic E-state index is 12.4. The van der Waals surface area contributed by atoms with Gasteiger partial charge in [0.25, 0.3) is 0 Å². The molecule has 0 aliphatic heterocycles. The van der Waals surface area contributed by atoms with Gasteiger partial charge in [0.05, 0.1) is 17.0 Å². The van der Waals surface area contributed by atoms with E-state index >= 15 is 0 Å². The number of nitrogens with zero attached hydrogens (tertiary/aromatic N) is 1. The normalized spacial score (nSPS) is 11.6. The van der Waals surface area contributed by atoms with Crippen molar-refractivity contribution in [2.75, 3.05) is 7.11 Å². The van der Waals surface area contributed by atoms with E-state index < -0.39 is 10.0 Å². The highest BCUT2D eigenvalue weighted by atomic mass is 32.2. The third-order valence-electron chi connectivity index (χ3n) is 3.09. The summed E-state index contributed by atoms with van der Waals surface area (Å²) in [5.74, 6) is 0.685. The van der Waals surface area contributed by atoms with Crippen molar-refractivity contribution < 1.29 is 13.2 Å². The lowest BCUT2D eigenvalue weighted by Crippen LogP contribution is -2.23. The van der Waals surface area contributed by atoms with Crippen LogP contribution in [0.4, 0.5) is 0 Å². The first kappa shape index (κ1) is 15.9. The number of nitrogens with one attached hydrogen (secondary N) is 1. The molecule has 0 radical (unpaired) electrons. The maximum absolute atomic E-state index is 12.4. The fraction of sp³-hybridized carbons (Fsp3) is 0.357. The monoisotopic (exact) mass is 326 g/mol. The molecular formula is C14H18N2O3S2. The molecule has 1 N–H and O–H groups in total. The second-order valence-corrected chi connectivity index (χ2v) is 7.81. The lowest BCUT2D eigenvalue weighted by molar-refractivity contribution is 0.411. The Hall–Kier alpha value is -1.44. The molecule has 0 aliphatic rings. The molecule has 0 amide bonds. The molecule has 1 heterocycles. The number of benzene rings is 1. The van der Waals surface area contributed by atoms with Gasteiger partial charge in [0.15, 0.2) is 0 Å². The van der Waals surface area contributed by atoms with Crippen LogP contribution in [0.2, 0.25) is 0 Å². The van der Waals surface area contributed by atoms with Crippen LogP contribution in [0.3, 0.4) is 0 Å². The number of methoxy groups -OCH3 is 1. The Bertz CT molecular complexity index is 752. The topological polar surface area (TPSA) is 68.3 Å². The highest BCUT2D eigenvalue weighted by Gasteiger charge is 2.18. The molecule has 1 aromatic carbocycles. The molecule has 0 saturated heterocycles. The largest absolute Gasteiger partial charge is 0.496 e. The molecule has 0 saturated carbocycles. The number of thiazole rings is 1. The van der Waals surface area contributed by atoms with Gasteiger partial charge in [-0.3, -0.25) is 0 Å². The van der Waals surface area contributed by atoms with Gasteiger partial charge in [-0.05, 0) is 44.0 Å². The Kier molecular flexibility index (Phi) is 4.65. The van der Waals surface area contributed by atoms with Crippen molar-refractivity contribution in [2.24, 2.45) is 0 Å². The molecule has 0 aliphatic carbocycles. The van der Waals surface area contributed by atoms with E-state index in [4.69, 9.17) is 4.74 Å². The van der Waals surface area contributed by atoms with Crippen molar-refractivity contribution in [3.63, 3.8) is 0 Å². The summed E-state index contributed by atoms with van der Waals surface area (Å²) in [4.78, 5) is 5.28. The molecule has 0 fully saturated rings. The van der Waals surface area contributed by atoms with Gasteiger partial charge in [0, 0.05) is 17.6 Å². The molecule has 1 aromatic heterocycles. The van der Waals surface area contributed by atoms with Crippen LogP contribution in [0.1, 0.15) is 21.0 Å². The molecule has 2 aromatic rings. The second-order valence-electron chi connectivity index (χ2n) is 4.76. The number of ether oxygens (including phenoxy) is 1. The SMILES string of the molecule is COc1cc(C)c(S(=O)(=O)NCc2cnc(C)s2)cc1C. The summed E-state index contributed by atoms with van der Waals surface area (Å²) in [6.07, 6.45) is 1.69. The van der Waals surface area contributed by atoms with Crippen molar-refractivity contribution in [1.29, 1.82) is 0 Å². The van der Waals surface area contributed by atoms with E-state index in [2.05, 4.69) is 9.71 Å². The lowest BCUT2D eigenvalue weighted by atomic mass is 10.1. The minimum absolute atomic E-state index is 0.248. The number of rotatable bonds is 5. The summed E-state index contributed by atoms with van der Waals surface area (Å²) in [6, 6.07) is 3.37. The van der Waals surface area contributed by atoms with Crippen LogP contribution in [0, 0.1) is 20.8 Å². The zero-order chi connectivity index (χ0) is 15.6. The van der Waals surface area contributed by atoms with Crippen LogP contribution in [0.15, 0.2) is 23.2 Å². The van der Waals surface area contributed by atoms with Crippen molar-refractivity contribution in [2.45, 2.75) is 32.2 Å². The van der Waals surface area contributed by atoms with Gasteiger partial charge in [-0.2, -0.15) is 0 Å². The van der Waals surface area contributed by atoms with Crippen molar-refractivity contribution in [1.82, 2.24) is 9.71 Å². The summed E-state index contributed by atoms with van der Waals surface area (Å²) >= 11 is 1.48. The maximum Gasteiger partial charge on any atom is 0.241 e. The fourth-order valence-electron chi connectivity index (χ4n) is 2.00. The molecule has 5 nitrogen and oxygen atoms in total. The van der Waals surface area contributed by atoms with E-state index in [1.165, 1.54) is 11.3 Å². The number of aromatic nitrogens is 1. The first-order chi connectivity index (χ1) is 9.83. The van der Waals surface area contributed by atoms with Gasteiger partial charge in [0.1, 0.15) is 5.75 Å². The Labute approximate surface area is 129 Å². The van der Waals surface area contributed by atoms with Crippen molar-refractivity contribution in [3.8, 4) is 5.75 Å². The van der Waals surface area contributed by atoms with E-state index in [0.29, 0.717) is 11.3 Å². The predicted molar refractivity (Wildman–Crippen MR) is 83.3 cm³/mol. The standard InChI is InChI=1S/C14H18N2O3S2/c1-9-6-14(10(2)5-13(9)19-4)21(17,18)16-8-12-7-15-11(3)20-12/h5-7,16H,8H2,1-4H3. The summed E-state index contributed by atoms with van der Waals surface area (Å²) in [5, 5.41) is 0.917. The lowest BCUT2D eigenvalue weighted by Gasteiger charge is -2.12. The number of hydrogen-bond donors (Lipinski definition) is 1. The van der Waals surface area contributed by atoms with E-state index in [0.717, 1.165) is 15.4 Å². The molecule has 0 bridgehead atoms. The van der Waals surface area contributed by atoms with Crippen LogP contribution >= 0.6 is 11.3 Å². The Morgan fingerprint density at radius 3 is 2.52 bits per heavy atom. The van der Waals surface area contributed by atoms with Gasteiger partial charge >= 0.3 is 0 Å². The molecule has 114 valence electrons. The first-order valence-electron chi connectivity index (χ1n) is 6.39. The Balaban J connectivity index is 2.25. The van der Waals surface area contributed by atoms with E-state index in [1.54, 1.807) is 32.4 Å². The van der Waals surface area contributed by atoms with E-state index in [-0.39, 0.29) is 11.4 Å². The molecule has 7 heteroatoms. The zero-order valence-corrected chi connectivity index (χ0v) is 14.1. The fourth-order valence-corrected chi connectivity index (χ4v) is 4.15. The smallest absolute Gasteiger partial charge is 0.241 e. The molecule has 0 spiro atoms. The zero-order valence-electron chi connectivity index (χ0n) is 12.4. The van der Waals surface area contributed by atoms with Crippen LogP contribution in [0.25, 0.3) is 0 Å². The molecule has 0 atom stereocenters. The van der Waals surface area contributed by atoms with Crippen molar-refractivity contribution >= 4 is 21.4 Å². The third kappa shape index (κ3) is 3.61. The van der Waals surface area contributed by atoms with Crippen LogP contribution in [-0.2, 0) is 16.6 Å². The average Bonchev–Trinajstić information content (AvgIpc) is 2.84. The van der Waals surface area contributed by atoms with Crippen LogP contribution in [-0.4, -0.2) is 20.5 Å². The third-order valence-corrected chi connectivity index (χ3v) is 5.54. The van der Waals surface area contributed by atoms with Gasteiger partial charge < -0.3 is 4.74 Å². The quantitative estimate of drug-likeness (QED) is 0.917. The summed E-state index contributed by atoms with van der Waals surface area (Å²) in [7, 11) is -1.98. The number of aryl methyl sites for hydroxylation is 3. The summed E-state index contributed by atoms with van der Waals surface area (Å²) in [5.41, 5.74) is 1.45. The molecular weight excluding hydrogens is 308 g/mol. The van der Waals surface area contributed by atoms with E-state index in [9.17, 15) is 8.42 Å². The number of hydrogen-bond acceptors (Lipinski definition) is 5. The molecule has 0 unspecified atom stereocenters. The van der Waals surface area contributed by atoms with Gasteiger partial charge in [-0.1, -0.05) is 0 Å². The Morgan fingerprint density at radius 1 is 1.24 bits per heavy atom.